The van der Waals surface area contributed by atoms with Crippen LogP contribution in [-0.4, -0.2) is 49.5 Å². The minimum Gasteiger partial charge on any atom is -0.469 e. The van der Waals surface area contributed by atoms with Gasteiger partial charge >= 0.3 is 17.8 Å². The normalized spacial score (nSPS) is 13.8. The van der Waals surface area contributed by atoms with Crippen molar-refractivity contribution < 1.29 is 19.1 Å². The van der Waals surface area contributed by atoms with Crippen molar-refractivity contribution in [1.82, 2.24) is 10.3 Å². The molecule has 0 spiro atoms. The van der Waals surface area contributed by atoms with E-state index in [1.165, 1.54) is 26.4 Å². The van der Waals surface area contributed by atoms with Gasteiger partial charge in [0.2, 0.25) is 0 Å². The predicted octanol–water partition coefficient (Wildman–Crippen LogP) is 1.47. The highest BCUT2D eigenvalue weighted by Crippen LogP contribution is 2.18. The summed E-state index contributed by atoms with van der Waals surface area (Å²) in [6, 6.07) is 3.60. The fourth-order valence-corrected chi connectivity index (χ4v) is 2.74. The van der Waals surface area contributed by atoms with Crippen LogP contribution in [0.5, 0.6) is 0 Å². The molecule has 0 saturated carbocycles. The summed E-state index contributed by atoms with van der Waals surface area (Å²) < 4.78 is 4.53. The number of hydrogen-bond donors (Lipinski definition) is 2. The zero-order valence-electron chi connectivity index (χ0n) is 15.1. The molecule has 1 aliphatic rings. The third-order valence-corrected chi connectivity index (χ3v) is 4.21. The fraction of sp³-hybridized carbons (Fsp3) is 0.556. The average Bonchev–Trinajstić information content (AvgIpc) is 2.68. The van der Waals surface area contributed by atoms with E-state index >= 15 is 0 Å². The maximum atomic E-state index is 11.9. The number of amides is 2. The summed E-state index contributed by atoms with van der Waals surface area (Å²) in [4.78, 5) is 41.2. The number of carbonyl (C=O) groups excluding carboxylic acids is 3. The molecule has 2 rings (SSSR count). The van der Waals surface area contributed by atoms with E-state index in [1.807, 2.05) is 6.07 Å². The third-order valence-electron chi connectivity index (χ3n) is 4.21. The van der Waals surface area contributed by atoms with Crippen LogP contribution >= 0.6 is 0 Å². The molecule has 0 radical (unpaired) electrons. The number of unbranched alkanes of at least 4 members (excludes halogenated alkanes) is 1. The Kier molecular flexibility index (Phi) is 7.85. The Morgan fingerprint density at radius 1 is 1.12 bits per heavy atom. The molecule has 1 aromatic rings. The first kappa shape index (κ1) is 19.7. The Morgan fingerprint density at radius 2 is 1.88 bits per heavy atom. The van der Waals surface area contributed by atoms with Gasteiger partial charge in [0.25, 0.3) is 0 Å². The van der Waals surface area contributed by atoms with Crippen LogP contribution < -0.4 is 15.5 Å². The van der Waals surface area contributed by atoms with E-state index in [1.54, 1.807) is 12.3 Å². The van der Waals surface area contributed by atoms with Gasteiger partial charge in [0.1, 0.15) is 5.82 Å². The molecule has 142 valence electrons. The number of carbonyl (C=O) groups is 3. The number of nitrogens with one attached hydrogen (secondary N) is 2. The van der Waals surface area contributed by atoms with Crippen molar-refractivity contribution in [3.05, 3.63) is 18.3 Å². The second kappa shape index (κ2) is 10.4. The Labute approximate surface area is 153 Å². The molecule has 0 unspecified atom stereocenters. The molecule has 2 N–H and O–H groups in total. The van der Waals surface area contributed by atoms with Crippen LogP contribution in [-0.2, 0) is 19.1 Å². The molecule has 1 aliphatic heterocycles. The summed E-state index contributed by atoms with van der Waals surface area (Å²) >= 11 is 0. The number of nitrogens with zero attached hydrogens (tertiary/aromatic N) is 2. The van der Waals surface area contributed by atoms with Crippen molar-refractivity contribution >= 4 is 29.3 Å². The Balaban J connectivity index is 1.70. The molecule has 2 heterocycles. The zero-order chi connectivity index (χ0) is 18.8. The van der Waals surface area contributed by atoms with Gasteiger partial charge in [0.15, 0.2) is 0 Å². The highest BCUT2D eigenvalue weighted by Gasteiger charge is 2.15. The molecule has 0 aromatic carbocycles. The molecule has 0 atom stereocenters. The summed E-state index contributed by atoms with van der Waals surface area (Å²) in [5, 5.41) is 5.06. The number of methoxy groups -OCH3 is 1. The van der Waals surface area contributed by atoms with E-state index in [-0.39, 0.29) is 5.97 Å². The van der Waals surface area contributed by atoms with Crippen molar-refractivity contribution in [2.24, 2.45) is 0 Å². The Bertz CT molecular complexity index is 612. The highest BCUT2D eigenvalue weighted by molar-refractivity contribution is 6.39. The zero-order valence-corrected chi connectivity index (χ0v) is 15.1. The van der Waals surface area contributed by atoms with Gasteiger partial charge in [-0.15, -0.1) is 0 Å². The SMILES string of the molecule is COC(=O)CCCCNC(=O)C(=O)Nc1ccc(N2CCCCC2)nc1. The van der Waals surface area contributed by atoms with Crippen LogP contribution in [0.1, 0.15) is 38.5 Å². The van der Waals surface area contributed by atoms with Crippen LogP contribution in [0.3, 0.4) is 0 Å². The average molecular weight is 362 g/mol. The molecule has 1 fully saturated rings. The van der Waals surface area contributed by atoms with Crippen molar-refractivity contribution in [3.8, 4) is 0 Å². The minimum absolute atomic E-state index is 0.283. The van der Waals surface area contributed by atoms with Gasteiger partial charge in [-0.3, -0.25) is 14.4 Å². The Morgan fingerprint density at radius 3 is 2.54 bits per heavy atom. The second-order valence-electron chi connectivity index (χ2n) is 6.20. The number of piperidine rings is 1. The summed E-state index contributed by atoms with van der Waals surface area (Å²) in [5.74, 6) is -0.832. The first-order valence-corrected chi connectivity index (χ1v) is 8.97. The summed E-state index contributed by atoms with van der Waals surface area (Å²) in [6.45, 7) is 2.32. The molecular formula is C18H26N4O4. The number of aromatic nitrogens is 1. The second-order valence-corrected chi connectivity index (χ2v) is 6.20. The van der Waals surface area contributed by atoms with Gasteiger partial charge in [0.05, 0.1) is 19.0 Å². The highest BCUT2D eigenvalue weighted by atomic mass is 16.5. The molecule has 0 bridgehead atoms. The van der Waals surface area contributed by atoms with Gasteiger partial charge in [-0.05, 0) is 44.2 Å². The summed E-state index contributed by atoms with van der Waals surface area (Å²) in [6.07, 6.45) is 6.64. The number of hydrogen-bond acceptors (Lipinski definition) is 6. The number of esters is 1. The first-order chi connectivity index (χ1) is 12.6. The summed E-state index contributed by atoms with van der Waals surface area (Å²) in [7, 11) is 1.34. The molecule has 0 aliphatic carbocycles. The van der Waals surface area contributed by atoms with E-state index < -0.39 is 11.8 Å². The topological polar surface area (TPSA) is 101 Å². The molecule has 26 heavy (non-hydrogen) atoms. The van der Waals surface area contributed by atoms with Crippen molar-refractivity contribution in [3.63, 3.8) is 0 Å². The number of rotatable bonds is 7. The maximum Gasteiger partial charge on any atom is 0.313 e. The van der Waals surface area contributed by atoms with Gasteiger partial charge in [-0.1, -0.05) is 0 Å². The van der Waals surface area contributed by atoms with Gasteiger partial charge in [-0.25, -0.2) is 4.98 Å². The maximum absolute atomic E-state index is 11.9. The molecule has 8 nitrogen and oxygen atoms in total. The van der Waals surface area contributed by atoms with E-state index in [4.69, 9.17) is 0 Å². The predicted molar refractivity (Wildman–Crippen MR) is 97.8 cm³/mol. The molecule has 8 heteroatoms. The lowest BCUT2D eigenvalue weighted by Gasteiger charge is -2.27. The lowest BCUT2D eigenvalue weighted by Crippen LogP contribution is -2.36. The van der Waals surface area contributed by atoms with Gasteiger partial charge in [-0.2, -0.15) is 0 Å². The van der Waals surface area contributed by atoms with Crippen LogP contribution in [0.15, 0.2) is 18.3 Å². The molecular weight excluding hydrogens is 336 g/mol. The van der Waals surface area contributed by atoms with Gasteiger partial charge < -0.3 is 20.3 Å². The lowest BCUT2D eigenvalue weighted by molar-refractivity contribution is -0.140. The smallest absolute Gasteiger partial charge is 0.313 e. The van der Waals surface area contributed by atoms with Crippen molar-refractivity contribution in [2.45, 2.75) is 38.5 Å². The Hall–Kier alpha value is -2.64. The largest absolute Gasteiger partial charge is 0.469 e. The first-order valence-electron chi connectivity index (χ1n) is 8.97. The number of anilines is 2. The monoisotopic (exact) mass is 362 g/mol. The third kappa shape index (κ3) is 6.34. The molecule has 1 saturated heterocycles. The van der Waals surface area contributed by atoms with Crippen LogP contribution in [0.2, 0.25) is 0 Å². The standard InChI is InChI=1S/C18H26N4O4/c1-26-16(23)7-3-4-10-19-17(24)18(25)21-14-8-9-15(20-13-14)22-11-5-2-6-12-22/h8-9,13H,2-7,10-12H2,1H3,(H,19,24)(H,21,25). The minimum atomic E-state index is -0.731. The number of ether oxygens (including phenoxy) is 1. The molecule has 2 amide bonds. The van der Waals surface area contributed by atoms with Gasteiger partial charge in [0, 0.05) is 26.1 Å². The number of pyridine rings is 1. The molecule has 1 aromatic heterocycles. The fourth-order valence-electron chi connectivity index (χ4n) is 2.74. The van der Waals surface area contributed by atoms with E-state index in [0.717, 1.165) is 18.9 Å². The van der Waals surface area contributed by atoms with Crippen LogP contribution in [0.4, 0.5) is 11.5 Å². The van der Waals surface area contributed by atoms with Crippen LogP contribution in [0, 0.1) is 0 Å². The van der Waals surface area contributed by atoms with E-state index in [9.17, 15) is 14.4 Å². The summed E-state index contributed by atoms with van der Waals surface area (Å²) in [5.41, 5.74) is 0.483. The quantitative estimate of drug-likeness (QED) is 0.433. The van der Waals surface area contributed by atoms with Crippen molar-refractivity contribution in [1.29, 1.82) is 0 Å². The van der Waals surface area contributed by atoms with Crippen LogP contribution in [0.25, 0.3) is 0 Å². The van der Waals surface area contributed by atoms with E-state index in [2.05, 4.69) is 25.3 Å². The van der Waals surface area contributed by atoms with Crippen molar-refractivity contribution in [2.75, 3.05) is 37.0 Å². The van der Waals surface area contributed by atoms with E-state index in [0.29, 0.717) is 31.5 Å². The lowest BCUT2D eigenvalue weighted by atomic mass is 10.1.